The van der Waals surface area contributed by atoms with Crippen molar-refractivity contribution < 1.29 is 14.3 Å². The first-order valence-corrected chi connectivity index (χ1v) is 4.48. The van der Waals surface area contributed by atoms with Gasteiger partial charge in [-0.25, -0.2) is 4.79 Å². The molecule has 72 valence electrons. The van der Waals surface area contributed by atoms with Crippen molar-refractivity contribution in [3.05, 3.63) is 35.4 Å². The molecule has 3 heteroatoms. The Kier molecular flexibility index (Phi) is 2.08. The van der Waals surface area contributed by atoms with Gasteiger partial charge in [0.25, 0.3) is 0 Å². The van der Waals surface area contributed by atoms with Crippen molar-refractivity contribution in [2.45, 2.75) is 19.4 Å². The van der Waals surface area contributed by atoms with Crippen LogP contribution < -0.4 is 0 Å². The predicted molar refractivity (Wildman–Crippen MR) is 49.9 cm³/mol. The fourth-order valence-corrected chi connectivity index (χ4v) is 1.63. The lowest BCUT2D eigenvalue weighted by molar-refractivity contribution is -0.118. The van der Waals surface area contributed by atoms with Gasteiger partial charge in [-0.1, -0.05) is 18.2 Å². The Morgan fingerprint density at radius 1 is 1.43 bits per heavy atom. The van der Waals surface area contributed by atoms with Crippen molar-refractivity contribution in [1.82, 2.24) is 0 Å². The molecule has 0 aromatic heterocycles. The number of rotatable bonds is 2. The van der Waals surface area contributed by atoms with E-state index in [0.717, 1.165) is 5.56 Å². The summed E-state index contributed by atoms with van der Waals surface area (Å²) in [6.07, 6.45) is -0.112. The summed E-state index contributed by atoms with van der Waals surface area (Å²) < 4.78 is 5.08. The molecule has 0 spiro atoms. The molecule has 2 rings (SSSR count). The summed E-state index contributed by atoms with van der Waals surface area (Å²) in [5, 5.41) is 0. The van der Waals surface area contributed by atoms with Gasteiger partial charge >= 0.3 is 5.97 Å². The fraction of sp³-hybridized carbons (Fsp3) is 0.273. The quantitative estimate of drug-likeness (QED) is 0.669. The molecule has 1 aromatic carbocycles. The van der Waals surface area contributed by atoms with E-state index >= 15 is 0 Å². The predicted octanol–water partition coefficient (Wildman–Crippen LogP) is 1.88. The molecule has 0 aliphatic carbocycles. The van der Waals surface area contributed by atoms with E-state index in [4.69, 9.17) is 4.74 Å². The Morgan fingerprint density at radius 2 is 2.14 bits per heavy atom. The van der Waals surface area contributed by atoms with Gasteiger partial charge in [-0.2, -0.15) is 0 Å². The van der Waals surface area contributed by atoms with E-state index in [1.165, 1.54) is 6.92 Å². The Hall–Kier alpha value is -1.64. The Bertz CT molecular complexity index is 393. The zero-order chi connectivity index (χ0) is 10.1. The lowest BCUT2D eigenvalue weighted by Crippen LogP contribution is -2.03. The normalized spacial score (nSPS) is 18.9. The van der Waals surface area contributed by atoms with Crippen molar-refractivity contribution in [3.8, 4) is 0 Å². The van der Waals surface area contributed by atoms with Crippen LogP contribution in [-0.4, -0.2) is 11.8 Å². The molecule has 1 atom stereocenters. The lowest BCUT2D eigenvalue weighted by atomic mass is 10.0. The fourth-order valence-electron chi connectivity index (χ4n) is 1.63. The molecule has 0 amide bonds. The molecule has 0 radical (unpaired) electrons. The summed E-state index contributed by atoms with van der Waals surface area (Å²) in [6.45, 7) is 1.49. The number of Topliss-reactive ketones (excluding diaryl/α,β-unsaturated/α-hetero) is 1. The van der Waals surface area contributed by atoms with E-state index in [-0.39, 0.29) is 24.3 Å². The molecule has 3 nitrogen and oxygen atoms in total. The minimum absolute atomic E-state index is 0.0273. The smallest absolute Gasteiger partial charge is 0.339 e. The number of esters is 1. The van der Waals surface area contributed by atoms with Crippen LogP contribution in [0.15, 0.2) is 24.3 Å². The molecule has 0 fully saturated rings. The third kappa shape index (κ3) is 1.41. The lowest BCUT2D eigenvalue weighted by Gasteiger charge is -2.07. The minimum Gasteiger partial charge on any atom is -0.453 e. The van der Waals surface area contributed by atoms with Gasteiger partial charge in [-0.3, -0.25) is 4.79 Å². The SMILES string of the molecule is CC(=O)C[C@H]1OC(=O)c2ccccc21. The van der Waals surface area contributed by atoms with Crippen LogP contribution in [0.4, 0.5) is 0 Å². The van der Waals surface area contributed by atoms with Crippen molar-refractivity contribution in [1.29, 1.82) is 0 Å². The van der Waals surface area contributed by atoms with Gasteiger partial charge in [0.2, 0.25) is 0 Å². The number of ether oxygens (including phenoxy) is 1. The Morgan fingerprint density at radius 3 is 2.86 bits per heavy atom. The van der Waals surface area contributed by atoms with Gasteiger partial charge in [0, 0.05) is 12.0 Å². The van der Waals surface area contributed by atoms with E-state index in [0.29, 0.717) is 5.56 Å². The van der Waals surface area contributed by atoms with Crippen LogP contribution in [-0.2, 0) is 9.53 Å². The van der Waals surface area contributed by atoms with Gasteiger partial charge in [0.05, 0.1) is 5.56 Å². The number of fused-ring (bicyclic) bond motifs is 1. The highest BCUT2D eigenvalue weighted by molar-refractivity contribution is 5.94. The number of carbonyl (C=O) groups excluding carboxylic acids is 2. The van der Waals surface area contributed by atoms with Crippen molar-refractivity contribution in [2.24, 2.45) is 0 Å². The maximum atomic E-state index is 11.3. The van der Waals surface area contributed by atoms with Crippen LogP contribution in [0.25, 0.3) is 0 Å². The average Bonchev–Trinajstić information content (AvgIpc) is 2.44. The second-order valence-electron chi connectivity index (χ2n) is 3.39. The molecule has 1 aliphatic rings. The molecular weight excluding hydrogens is 180 g/mol. The van der Waals surface area contributed by atoms with Crippen LogP contribution >= 0.6 is 0 Å². The molecule has 14 heavy (non-hydrogen) atoms. The first-order chi connectivity index (χ1) is 6.68. The first-order valence-electron chi connectivity index (χ1n) is 4.48. The van der Waals surface area contributed by atoms with E-state index in [2.05, 4.69) is 0 Å². The summed E-state index contributed by atoms with van der Waals surface area (Å²) in [6, 6.07) is 7.18. The van der Waals surface area contributed by atoms with Crippen LogP contribution in [0.2, 0.25) is 0 Å². The van der Waals surface area contributed by atoms with E-state index < -0.39 is 0 Å². The second-order valence-corrected chi connectivity index (χ2v) is 3.39. The molecule has 1 aromatic rings. The van der Waals surface area contributed by atoms with Crippen molar-refractivity contribution in [2.75, 3.05) is 0 Å². The second kappa shape index (κ2) is 3.25. The summed E-state index contributed by atoms with van der Waals surface area (Å²) in [5.41, 5.74) is 1.41. The Balaban J connectivity index is 2.34. The largest absolute Gasteiger partial charge is 0.453 e. The molecule has 0 unspecified atom stereocenters. The van der Waals surface area contributed by atoms with Gasteiger partial charge in [0.1, 0.15) is 11.9 Å². The maximum Gasteiger partial charge on any atom is 0.339 e. The van der Waals surface area contributed by atoms with Gasteiger partial charge in [-0.15, -0.1) is 0 Å². The highest BCUT2D eigenvalue weighted by atomic mass is 16.5. The number of hydrogen-bond donors (Lipinski definition) is 0. The molecular formula is C11H10O3. The van der Waals surface area contributed by atoms with Crippen molar-refractivity contribution >= 4 is 11.8 Å². The molecule has 1 aliphatic heterocycles. The average molecular weight is 190 g/mol. The first kappa shape index (κ1) is 8.94. The van der Waals surface area contributed by atoms with Crippen LogP contribution in [0.1, 0.15) is 35.4 Å². The van der Waals surface area contributed by atoms with E-state index in [9.17, 15) is 9.59 Å². The molecule has 0 saturated carbocycles. The zero-order valence-electron chi connectivity index (χ0n) is 7.82. The third-order valence-electron chi connectivity index (χ3n) is 2.25. The highest BCUT2D eigenvalue weighted by Gasteiger charge is 2.30. The van der Waals surface area contributed by atoms with E-state index in [1.807, 2.05) is 12.1 Å². The maximum absolute atomic E-state index is 11.3. The number of ketones is 1. The summed E-state index contributed by atoms with van der Waals surface area (Å²) in [5.74, 6) is -0.300. The summed E-state index contributed by atoms with van der Waals surface area (Å²) in [4.78, 5) is 22.2. The standard InChI is InChI=1S/C11H10O3/c1-7(12)6-10-8-4-2-3-5-9(8)11(13)14-10/h2-5,10H,6H2,1H3/t10-/m1/s1. The molecule has 0 bridgehead atoms. The summed E-state index contributed by atoms with van der Waals surface area (Å²) in [7, 11) is 0. The van der Waals surface area contributed by atoms with Gasteiger partial charge < -0.3 is 4.74 Å². The number of carbonyl (C=O) groups is 2. The molecule has 1 heterocycles. The van der Waals surface area contributed by atoms with E-state index in [1.54, 1.807) is 12.1 Å². The van der Waals surface area contributed by atoms with Crippen LogP contribution in [0.3, 0.4) is 0 Å². The number of hydrogen-bond acceptors (Lipinski definition) is 3. The highest BCUT2D eigenvalue weighted by Crippen LogP contribution is 2.32. The number of cyclic esters (lactones) is 1. The summed E-state index contributed by atoms with van der Waals surface area (Å²) >= 11 is 0. The van der Waals surface area contributed by atoms with Gasteiger partial charge in [0.15, 0.2) is 0 Å². The monoisotopic (exact) mass is 190 g/mol. The van der Waals surface area contributed by atoms with Crippen LogP contribution in [0.5, 0.6) is 0 Å². The third-order valence-corrected chi connectivity index (χ3v) is 2.25. The Labute approximate surface area is 81.7 Å². The molecule has 0 N–H and O–H groups in total. The topological polar surface area (TPSA) is 43.4 Å². The number of benzene rings is 1. The van der Waals surface area contributed by atoms with Crippen molar-refractivity contribution in [3.63, 3.8) is 0 Å². The zero-order valence-corrected chi connectivity index (χ0v) is 7.82. The van der Waals surface area contributed by atoms with Gasteiger partial charge in [-0.05, 0) is 13.0 Å². The van der Waals surface area contributed by atoms with Crippen LogP contribution in [0, 0.1) is 0 Å². The molecule has 0 saturated heterocycles. The minimum atomic E-state index is -0.379.